The van der Waals surface area contributed by atoms with E-state index < -0.39 is 11.9 Å². The van der Waals surface area contributed by atoms with Crippen molar-refractivity contribution in [3.63, 3.8) is 0 Å². The van der Waals surface area contributed by atoms with E-state index in [-0.39, 0.29) is 11.9 Å². The zero-order valence-corrected chi connectivity index (χ0v) is 21.2. The minimum atomic E-state index is -4.52. The molecule has 4 aromatic rings. The number of alkyl halides is 3. The number of piperidine rings is 1. The van der Waals surface area contributed by atoms with Crippen molar-refractivity contribution in [2.75, 3.05) is 25.6 Å². The molecule has 0 aliphatic carbocycles. The lowest BCUT2D eigenvalue weighted by molar-refractivity contribution is -0.141. The van der Waals surface area contributed by atoms with E-state index >= 15 is 0 Å². The van der Waals surface area contributed by atoms with E-state index in [1.807, 2.05) is 31.3 Å². The summed E-state index contributed by atoms with van der Waals surface area (Å²) < 4.78 is 54.2. The minimum Gasteiger partial charge on any atom is -0.488 e. The molecule has 0 unspecified atom stereocenters. The number of morpholine rings is 1. The van der Waals surface area contributed by atoms with Crippen molar-refractivity contribution in [2.45, 2.75) is 44.1 Å². The van der Waals surface area contributed by atoms with Crippen LogP contribution in [0.2, 0.25) is 0 Å². The normalized spacial score (nSPS) is 22.1. The Kier molecular flexibility index (Phi) is 6.03. The molecule has 2 aliphatic heterocycles. The highest BCUT2D eigenvalue weighted by Gasteiger charge is 2.38. The zero-order valence-electron chi connectivity index (χ0n) is 21.2. The first-order chi connectivity index (χ1) is 18.1. The smallest absolute Gasteiger partial charge is 0.435 e. The number of halogens is 3. The maximum absolute atomic E-state index is 13.0. The molecule has 2 saturated heterocycles. The highest BCUT2D eigenvalue weighted by atomic mass is 19.4. The number of nitrogens with one attached hydrogen (secondary N) is 1. The van der Waals surface area contributed by atoms with Gasteiger partial charge in [0.15, 0.2) is 11.5 Å². The maximum atomic E-state index is 13.0. The third kappa shape index (κ3) is 4.69. The van der Waals surface area contributed by atoms with Gasteiger partial charge in [-0.15, -0.1) is 0 Å². The Labute approximate surface area is 217 Å². The predicted molar refractivity (Wildman–Crippen MR) is 134 cm³/mol. The number of hydrogen-bond donors (Lipinski definition) is 1. The van der Waals surface area contributed by atoms with E-state index in [1.165, 1.54) is 7.05 Å². The Balaban J connectivity index is 1.26. The van der Waals surface area contributed by atoms with Crippen LogP contribution >= 0.6 is 0 Å². The number of aryl methyl sites for hydroxylation is 2. The molecule has 0 amide bonds. The van der Waals surface area contributed by atoms with E-state index in [9.17, 15) is 13.2 Å². The number of anilines is 2. The van der Waals surface area contributed by atoms with Crippen molar-refractivity contribution >= 4 is 17.2 Å². The van der Waals surface area contributed by atoms with E-state index in [1.54, 1.807) is 16.8 Å². The Morgan fingerprint density at radius 3 is 2.53 bits per heavy atom. The van der Waals surface area contributed by atoms with Crippen LogP contribution in [-0.4, -0.2) is 67.7 Å². The molecular formula is C26H28F3N7O2. The quantitative estimate of drug-likeness (QED) is 0.411. The van der Waals surface area contributed by atoms with Gasteiger partial charge in [-0.25, -0.2) is 4.52 Å². The number of likely N-dealkylation sites (N-methyl/N-ethyl adjacent to an activating group) is 1. The first kappa shape index (κ1) is 24.7. The lowest BCUT2D eigenvalue weighted by Crippen LogP contribution is -2.57. The van der Waals surface area contributed by atoms with Crippen molar-refractivity contribution in [2.24, 2.45) is 7.05 Å². The Morgan fingerprint density at radius 1 is 1.05 bits per heavy atom. The fourth-order valence-electron chi connectivity index (χ4n) is 5.26. The molecule has 0 spiro atoms. The number of fused-ring (bicyclic) bond motifs is 3. The molecule has 200 valence electrons. The third-order valence-corrected chi connectivity index (χ3v) is 7.34. The van der Waals surface area contributed by atoms with Crippen molar-refractivity contribution in [1.82, 2.24) is 29.3 Å². The molecule has 3 atom stereocenters. The van der Waals surface area contributed by atoms with Crippen LogP contribution in [0.15, 0.2) is 42.7 Å². The van der Waals surface area contributed by atoms with E-state index in [0.29, 0.717) is 17.9 Å². The molecule has 38 heavy (non-hydrogen) atoms. The van der Waals surface area contributed by atoms with Crippen LogP contribution in [0.5, 0.6) is 5.75 Å². The lowest BCUT2D eigenvalue weighted by Gasteiger charge is -2.46. The highest BCUT2D eigenvalue weighted by Crippen LogP contribution is 2.36. The van der Waals surface area contributed by atoms with Gasteiger partial charge in [0.2, 0.25) is 0 Å². The molecule has 0 aromatic carbocycles. The van der Waals surface area contributed by atoms with Gasteiger partial charge in [0, 0.05) is 61.6 Å². The zero-order chi connectivity index (χ0) is 26.6. The van der Waals surface area contributed by atoms with E-state index in [2.05, 4.69) is 32.4 Å². The molecule has 1 N–H and O–H groups in total. The lowest BCUT2D eigenvalue weighted by atomic mass is 9.92. The molecule has 2 fully saturated rings. The van der Waals surface area contributed by atoms with Crippen LogP contribution in [0.4, 0.5) is 24.8 Å². The van der Waals surface area contributed by atoms with Gasteiger partial charge >= 0.3 is 6.18 Å². The van der Waals surface area contributed by atoms with Gasteiger partial charge in [-0.2, -0.15) is 23.4 Å². The second-order valence-electron chi connectivity index (χ2n) is 10.0. The number of aromatic nitrogens is 5. The Bertz CT molecular complexity index is 1470. The molecular weight excluding hydrogens is 499 g/mol. The van der Waals surface area contributed by atoms with Crippen LogP contribution < -0.4 is 10.1 Å². The Morgan fingerprint density at radius 2 is 1.82 bits per heavy atom. The summed E-state index contributed by atoms with van der Waals surface area (Å²) in [5.41, 5.74) is 2.54. The second-order valence-corrected chi connectivity index (χ2v) is 10.0. The van der Waals surface area contributed by atoms with Gasteiger partial charge in [0.1, 0.15) is 17.7 Å². The molecule has 12 heteroatoms. The predicted octanol–water partition coefficient (Wildman–Crippen LogP) is 4.44. The van der Waals surface area contributed by atoms with Gasteiger partial charge < -0.3 is 14.8 Å². The van der Waals surface area contributed by atoms with Crippen LogP contribution in [0.1, 0.15) is 24.2 Å². The number of ether oxygens (including phenoxy) is 2. The minimum absolute atomic E-state index is 0.0725. The molecule has 0 radical (unpaired) electrons. The van der Waals surface area contributed by atoms with Gasteiger partial charge in [-0.05, 0) is 37.7 Å². The number of hydrogen-bond acceptors (Lipinski definition) is 7. The molecule has 2 bridgehead atoms. The fraction of sp³-hybridized carbons (Fsp3) is 0.423. The van der Waals surface area contributed by atoms with E-state index in [0.717, 1.165) is 64.9 Å². The van der Waals surface area contributed by atoms with Crippen LogP contribution in [0, 0.1) is 6.92 Å². The first-order valence-electron chi connectivity index (χ1n) is 12.4. The summed E-state index contributed by atoms with van der Waals surface area (Å²) in [6, 6.07) is 9.34. The number of rotatable bonds is 5. The van der Waals surface area contributed by atoms with Crippen LogP contribution in [0.25, 0.3) is 16.6 Å². The fourth-order valence-corrected chi connectivity index (χ4v) is 5.26. The van der Waals surface area contributed by atoms with Gasteiger partial charge in [0.25, 0.3) is 0 Å². The van der Waals surface area contributed by atoms with Crippen molar-refractivity contribution in [1.29, 1.82) is 0 Å². The topological polar surface area (TPSA) is 81.7 Å². The number of pyridine rings is 2. The maximum Gasteiger partial charge on any atom is 0.435 e. The van der Waals surface area contributed by atoms with Crippen LogP contribution in [-0.2, 0) is 18.0 Å². The molecule has 0 saturated carbocycles. The van der Waals surface area contributed by atoms with Crippen molar-refractivity contribution in [3.8, 4) is 16.9 Å². The largest absolute Gasteiger partial charge is 0.488 e. The number of nitrogens with zero attached hydrogens (tertiary/aromatic N) is 6. The summed E-state index contributed by atoms with van der Waals surface area (Å²) in [6.45, 7) is 3.37. The van der Waals surface area contributed by atoms with Crippen LogP contribution in [0.3, 0.4) is 0 Å². The van der Waals surface area contributed by atoms with Gasteiger partial charge in [0.05, 0.1) is 24.9 Å². The molecule has 4 aromatic heterocycles. The average molecular weight is 528 g/mol. The molecule has 6 heterocycles. The van der Waals surface area contributed by atoms with Crippen molar-refractivity contribution < 1.29 is 22.6 Å². The molecule has 6 rings (SSSR count). The first-order valence-corrected chi connectivity index (χ1v) is 12.4. The SMILES string of the molecule is Cc1cc(-c2ccn3nc(Nc4cc(C(F)(F)F)nn4C)cc3c2)c(O[C@H]2C[C@H]3COC[C@@H](C2)N3C)cn1. The summed E-state index contributed by atoms with van der Waals surface area (Å²) in [6.07, 6.45) is 0.930. The van der Waals surface area contributed by atoms with Crippen molar-refractivity contribution in [3.05, 3.63) is 54.1 Å². The van der Waals surface area contributed by atoms with Gasteiger partial charge in [-0.3, -0.25) is 14.6 Å². The molecule has 2 aliphatic rings. The monoisotopic (exact) mass is 527 g/mol. The third-order valence-electron chi connectivity index (χ3n) is 7.34. The van der Waals surface area contributed by atoms with E-state index in [4.69, 9.17) is 9.47 Å². The summed E-state index contributed by atoms with van der Waals surface area (Å²) in [5.74, 6) is 1.32. The summed E-state index contributed by atoms with van der Waals surface area (Å²) in [7, 11) is 3.60. The summed E-state index contributed by atoms with van der Waals surface area (Å²) in [4.78, 5) is 6.88. The standard InChI is InChI=1S/C26H28F3N7O2/c1-15-6-21(22(12-30-15)38-20-8-18-13-37-14-19(9-20)34(18)2)16-4-5-36-17(7-16)10-24(33-36)31-25-11-23(26(27,28)29)32-35(25)3/h4-7,10-12,18-20H,8-9,13-14H2,1-3H3,(H,31,33)/t18-,19+,20-. The Hall–Kier alpha value is -3.64. The summed E-state index contributed by atoms with van der Waals surface area (Å²) >= 11 is 0. The summed E-state index contributed by atoms with van der Waals surface area (Å²) in [5, 5.41) is 10.9. The highest BCUT2D eigenvalue weighted by molar-refractivity contribution is 5.75. The van der Waals surface area contributed by atoms with Gasteiger partial charge in [-0.1, -0.05) is 0 Å². The average Bonchev–Trinajstić information content (AvgIpc) is 3.43. The molecule has 9 nitrogen and oxygen atoms in total. The second kappa shape index (κ2) is 9.28.